The van der Waals surface area contributed by atoms with E-state index in [1.807, 2.05) is 205 Å². The van der Waals surface area contributed by atoms with Crippen LogP contribution in [-0.2, 0) is 70.5 Å². The molecular formula is C48H119N13P+9. The maximum Gasteiger partial charge on any atom is 0.306 e. The summed E-state index contributed by atoms with van der Waals surface area (Å²) in [6, 6.07) is 2.00. The van der Waals surface area contributed by atoms with Crippen molar-refractivity contribution >= 4 is 7.26 Å². The third-order valence-corrected chi connectivity index (χ3v) is 6.46. The van der Waals surface area contributed by atoms with Gasteiger partial charge in [-0.2, -0.15) is 14.0 Å². The van der Waals surface area contributed by atoms with Gasteiger partial charge in [-0.25, -0.2) is 13.7 Å². The predicted molar refractivity (Wildman–Crippen MR) is 283 cm³/mol. The van der Waals surface area contributed by atoms with Crippen molar-refractivity contribution in [3.8, 4) is 0 Å². The van der Waals surface area contributed by atoms with Gasteiger partial charge in [0, 0.05) is 72.8 Å². The van der Waals surface area contributed by atoms with Crippen LogP contribution in [0.1, 0.15) is 130 Å². The Labute approximate surface area is 393 Å². The second-order valence-electron chi connectivity index (χ2n) is 12.2. The number of aryl methyl sites for hydroxylation is 10. The summed E-state index contributed by atoms with van der Waals surface area (Å²) in [6.45, 7) is 44.3. The van der Waals surface area contributed by atoms with E-state index in [0.717, 1.165) is 5.82 Å². The molecule has 0 fully saturated rings. The van der Waals surface area contributed by atoms with Gasteiger partial charge in [-0.05, 0) is 4.98 Å². The molecule has 0 saturated carbocycles. The number of hydrogen-bond donors (Lipinski definition) is 0. The van der Waals surface area contributed by atoms with Crippen molar-refractivity contribution in [3.63, 3.8) is 0 Å². The van der Waals surface area contributed by atoms with Gasteiger partial charge in [-0.15, -0.1) is 18.7 Å². The molecule has 0 spiro atoms. The van der Waals surface area contributed by atoms with Crippen LogP contribution in [0.15, 0.2) is 49.8 Å². The molecule has 0 atom stereocenters. The van der Waals surface area contributed by atoms with Gasteiger partial charge in [0.15, 0.2) is 24.6 Å². The highest BCUT2D eigenvalue weighted by molar-refractivity contribution is 7.73. The first-order chi connectivity index (χ1) is 26.1. The van der Waals surface area contributed by atoms with Gasteiger partial charge in [0.1, 0.15) is 33.5 Å². The largest absolute Gasteiger partial charge is 0.306 e. The smallest absolute Gasteiger partial charge is 0.240 e. The van der Waals surface area contributed by atoms with E-state index in [-0.39, 0.29) is 51.8 Å². The second-order valence-corrected chi connectivity index (χ2v) is 17.5. The third kappa shape index (κ3) is 52.0. The van der Waals surface area contributed by atoms with E-state index < -0.39 is 0 Å². The lowest BCUT2D eigenvalue weighted by atomic mass is 10.4. The van der Waals surface area contributed by atoms with Gasteiger partial charge >= 0.3 is 6.33 Å². The molecule has 62 heavy (non-hydrogen) atoms. The average molecular weight is 910 g/mol. The first kappa shape index (κ1) is 93.0. The molecule has 0 saturated heterocycles. The Morgan fingerprint density at radius 2 is 0.984 bits per heavy atom. The molecular weight excluding hydrogens is 790 g/mol. The molecule has 0 aliphatic carbocycles. The van der Waals surface area contributed by atoms with Crippen LogP contribution in [0.2, 0.25) is 0 Å². The van der Waals surface area contributed by atoms with Gasteiger partial charge in [0.2, 0.25) is 18.5 Å². The lowest BCUT2D eigenvalue weighted by Gasteiger charge is -1.97. The quantitative estimate of drug-likeness (QED) is 0.0883. The van der Waals surface area contributed by atoms with E-state index in [2.05, 4.69) is 81.1 Å². The Balaban J connectivity index is -0.0000000397. The standard InChI is InChI=1S/2C6H12N3.2C5H9N2.C4H8N3.C4H12P.3C2H6.3C2H5.6CH4/c1-5-7-9(4)6(2)8(5)3;1-5-6(2)9(4)7-8(5)3;1-6-3-4-7(2)5-6;1-6-4-3-5-7(6)2;1-6-3-5-4-7(6)2;1-5(2,3)4;6*1-2;;;;;;/h2*1-4H3;2*3-5H,1-2H3;3-4H,1-2H3;1-4H3;3*1-2H3;3*1H2,2H3;6*1H4/q6*+1;;;;3*+1;;;;;;. The highest BCUT2D eigenvalue weighted by Crippen LogP contribution is 2.40. The van der Waals surface area contributed by atoms with Gasteiger partial charge in [0.05, 0.1) is 95.2 Å². The minimum Gasteiger partial charge on any atom is -0.240 e. The topological polar surface area (TPSA) is 82.7 Å². The molecule has 5 aromatic rings. The zero-order valence-corrected chi connectivity index (χ0v) is 42.9. The van der Waals surface area contributed by atoms with Crippen LogP contribution in [-0.4, -0.2) is 65.2 Å². The van der Waals surface area contributed by atoms with Crippen LogP contribution < -0.4 is 23.2 Å². The third-order valence-electron chi connectivity index (χ3n) is 6.46. The molecule has 5 aromatic heterocycles. The van der Waals surface area contributed by atoms with Gasteiger partial charge in [0.25, 0.3) is 5.82 Å². The Hall–Kier alpha value is -4.12. The summed E-state index contributed by atoms with van der Waals surface area (Å²) in [5.74, 6) is 2.22. The zero-order valence-electron chi connectivity index (χ0n) is 42.0. The Bertz CT molecular complexity index is 1330. The van der Waals surface area contributed by atoms with Gasteiger partial charge in [-0.1, -0.05) is 86.1 Å². The average Bonchev–Trinajstić information content (AvgIpc) is 3.98. The fourth-order valence-corrected chi connectivity index (χ4v) is 3.07. The van der Waals surface area contributed by atoms with Crippen LogP contribution in [0.5, 0.6) is 0 Å². The number of rotatable bonds is 0. The second kappa shape index (κ2) is 59.0. The van der Waals surface area contributed by atoms with Crippen LogP contribution in [0.3, 0.4) is 0 Å². The predicted octanol–water partition coefficient (Wildman–Crippen LogP) is 9.61. The monoisotopic (exact) mass is 909 g/mol. The summed E-state index contributed by atoms with van der Waals surface area (Å²) >= 11 is 0. The Morgan fingerprint density at radius 1 is 0.581 bits per heavy atom. The van der Waals surface area contributed by atoms with Crippen molar-refractivity contribution in [2.24, 2.45) is 70.5 Å². The van der Waals surface area contributed by atoms with E-state index >= 15 is 0 Å². The molecule has 5 rings (SSSR count). The highest BCUT2D eigenvalue weighted by atomic mass is 31.2. The lowest BCUT2D eigenvalue weighted by molar-refractivity contribution is -0.752. The number of nitrogens with zero attached hydrogens (tertiary/aromatic N) is 13. The summed E-state index contributed by atoms with van der Waals surface area (Å²) in [4.78, 5) is 3.85. The lowest BCUT2D eigenvalue weighted by Crippen LogP contribution is -2.35. The van der Waals surface area contributed by atoms with Crippen molar-refractivity contribution < 1.29 is 23.2 Å². The van der Waals surface area contributed by atoms with Crippen LogP contribution in [0, 0.1) is 48.5 Å². The molecule has 0 bridgehead atoms. The van der Waals surface area contributed by atoms with Crippen molar-refractivity contribution in [1.29, 1.82) is 0 Å². The Morgan fingerprint density at radius 3 is 1.06 bits per heavy atom. The van der Waals surface area contributed by atoms with Gasteiger partial charge < -0.3 is 0 Å². The maximum absolute atomic E-state index is 4.19. The highest BCUT2D eigenvalue weighted by Gasteiger charge is 2.11. The molecule has 0 aromatic carbocycles. The summed E-state index contributed by atoms with van der Waals surface area (Å²) in [5.41, 5.74) is 2.44. The fourth-order valence-electron chi connectivity index (χ4n) is 3.07. The van der Waals surface area contributed by atoms with E-state index in [1.54, 1.807) is 33.4 Å². The number of hydrogen-bond acceptors (Lipinski definition) is 3. The van der Waals surface area contributed by atoms with Crippen molar-refractivity contribution in [2.75, 3.05) is 26.7 Å². The molecule has 0 aliphatic rings. The van der Waals surface area contributed by atoms with Crippen molar-refractivity contribution in [2.45, 2.75) is 135 Å². The van der Waals surface area contributed by atoms with Crippen molar-refractivity contribution in [3.05, 3.63) is 93.6 Å². The van der Waals surface area contributed by atoms with E-state index in [0.29, 0.717) is 0 Å². The molecule has 0 unspecified atom stereocenters. The number of imidazole rings is 1. The van der Waals surface area contributed by atoms with Crippen molar-refractivity contribution in [1.82, 2.24) is 38.6 Å². The maximum atomic E-state index is 4.19. The minimum atomic E-state index is -0.389. The van der Waals surface area contributed by atoms with Crippen LogP contribution >= 0.6 is 7.26 Å². The minimum absolute atomic E-state index is 0. The van der Waals surface area contributed by atoms with Crippen LogP contribution in [0.4, 0.5) is 0 Å². The molecule has 372 valence electrons. The molecule has 0 amide bonds. The normalized spacial score (nSPS) is 7.66. The summed E-state index contributed by atoms with van der Waals surface area (Å²) < 4.78 is 19.4. The molecule has 0 N–H and O–H groups in total. The summed E-state index contributed by atoms with van der Waals surface area (Å²) in [6.07, 6.45) is 13.5. The molecule has 5 heterocycles. The molecule has 0 aliphatic heterocycles. The first-order valence-corrected chi connectivity index (χ1v) is 23.1. The molecule has 0 radical (unpaired) electrons. The Kier molecular flexibility index (Phi) is 88.4. The molecule has 14 heteroatoms. The van der Waals surface area contributed by atoms with E-state index in [1.165, 1.54) is 17.2 Å². The summed E-state index contributed by atoms with van der Waals surface area (Å²) in [5, 5.41) is 8.33. The zero-order chi connectivity index (χ0) is 46.4. The number of aromatic nitrogens is 13. The van der Waals surface area contributed by atoms with Crippen LogP contribution in [0.25, 0.3) is 0 Å². The van der Waals surface area contributed by atoms with E-state index in [4.69, 9.17) is 0 Å². The SMILES string of the molecule is C.C.C.C.C.C.CC.CC.CC.C[P+](C)(C)C.Cc1c(C)[n+](C)nn1C.Cc1nn(C)c(C)[n+]1C.Cn1cc[n+](C)c1.Cn1ccc[n+]1C.Cn1cnc[n+]1C.[CH2+]C.[CH2+]C.[CH2+]C. The first-order valence-electron chi connectivity index (χ1n) is 19.6. The summed E-state index contributed by atoms with van der Waals surface area (Å²) in [7, 11) is 19.3. The molecule has 13 nitrogen and oxygen atoms in total. The van der Waals surface area contributed by atoms with Gasteiger partial charge in [-0.3, -0.25) is 0 Å². The van der Waals surface area contributed by atoms with E-state index in [9.17, 15) is 0 Å². The fraction of sp³-hybridized carbons (Fsp3) is 0.688.